The maximum Gasteiger partial charge on any atom is 0.141 e. The summed E-state index contributed by atoms with van der Waals surface area (Å²) in [6.07, 6.45) is 5.72. The molecule has 0 bridgehead atoms. The lowest BCUT2D eigenvalue weighted by molar-refractivity contribution is 0.526. The van der Waals surface area contributed by atoms with Gasteiger partial charge in [0.1, 0.15) is 11.8 Å². The highest BCUT2D eigenvalue weighted by Crippen LogP contribution is 2.05. The minimum Gasteiger partial charge on any atom is -0.392 e. The number of hydrogen-bond acceptors (Lipinski definition) is 4. The van der Waals surface area contributed by atoms with Crippen molar-refractivity contribution >= 4 is 6.08 Å². The van der Waals surface area contributed by atoms with E-state index in [4.69, 9.17) is 5.26 Å². The summed E-state index contributed by atoms with van der Waals surface area (Å²) in [6, 6.07) is 7.40. The summed E-state index contributed by atoms with van der Waals surface area (Å²) in [4.78, 5) is 6.16. The predicted octanol–water partition coefficient (Wildman–Crippen LogP) is 1.59. The lowest BCUT2D eigenvalue weighted by atomic mass is 10.2. The van der Waals surface area contributed by atoms with E-state index in [0.717, 1.165) is 11.4 Å². The molecule has 0 aliphatic rings. The average Bonchev–Trinajstić information content (AvgIpc) is 2.34. The lowest BCUT2D eigenvalue weighted by Gasteiger charge is -2.13. The van der Waals surface area contributed by atoms with E-state index in [-0.39, 0.29) is 0 Å². The quantitative estimate of drug-likeness (QED) is 0.795. The zero-order chi connectivity index (χ0) is 12.7. The molecule has 0 unspecified atom stereocenters. The topological polar surface area (TPSA) is 52.0 Å². The van der Waals surface area contributed by atoms with Crippen LogP contribution >= 0.6 is 0 Å². The summed E-state index contributed by atoms with van der Waals surface area (Å²) < 4.78 is 0. The van der Waals surface area contributed by atoms with Gasteiger partial charge in [-0.3, -0.25) is 0 Å². The highest BCUT2D eigenvalue weighted by molar-refractivity contribution is 5.49. The molecule has 1 heterocycles. The highest BCUT2D eigenvalue weighted by Gasteiger charge is 1.95. The summed E-state index contributed by atoms with van der Waals surface area (Å²) in [5.74, 6) is 0. The second-order valence-corrected chi connectivity index (χ2v) is 3.65. The number of allylic oxidation sites excluding steroid dienone is 1. The van der Waals surface area contributed by atoms with Gasteiger partial charge in [0.25, 0.3) is 0 Å². The first-order valence-corrected chi connectivity index (χ1v) is 5.27. The molecule has 0 amide bonds. The van der Waals surface area contributed by atoms with Crippen LogP contribution in [0.1, 0.15) is 11.4 Å². The second kappa shape index (κ2) is 6.33. The van der Waals surface area contributed by atoms with Gasteiger partial charge in [-0.25, -0.2) is 4.98 Å². The van der Waals surface area contributed by atoms with Crippen LogP contribution in [0.4, 0.5) is 0 Å². The standard InChI is InChI=1S/C13H16N4/c1-15-10-13(17(2)3)8-7-11-5-4-6-12(9-14)16-11/h4-8,10,15H,1-3H3/b8-7+,13-10+. The van der Waals surface area contributed by atoms with E-state index in [1.807, 2.05) is 62.6 Å². The van der Waals surface area contributed by atoms with Gasteiger partial charge in [-0.15, -0.1) is 0 Å². The number of likely N-dealkylation sites (N-methyl/N-ethyl adjacent to an activating group) is 1. The largest absolute Gasteiger partial charge is 0.392 e. The summed E-state index contributed by atoms with van der Waals surface area (Å²) >= 11 is 0. The fourth-order valence-corrected chi connectivity index (χ4v) is 1.25. The normalized spacial score (nSPS) is 11.3. The Kier molecular flexibility index (Phi) is 4.77. The van der Waals surface area contributed by atoms with Gasteiger partial charge >= 0.3 is 0 Å². The number of hydrogen-bond donors (Lipinski definition) is 1. The minimum atomic E-state index is 0.427. The molecular formula is C13H16N4. The molecule has 4 heteroatoms. The zero-order valence-electron chi connectivity index (χ0n) is 10.3. The predicted molar refractivity (Wildman–Crippen MR) is 68.8 cm³/mol. The smallest absolute Gasteiger partial charge is 0.141 e. The summed E-state index contributed by atoms with van der Waals surface area (Å²) in [5.41, 5.74) is 2.22. The number of aromatic nitrogens is 1. The molecule has 0 aliphatic carbocycles. The third-order valence-corrected chi connectivity index (χ3v) is 2.12. The second-order valence-electron chi connectivity index (χ2n) is 3.65. The van der Waals surface area contributed by atoms with Crippen LogP contribution in [0.15, 0.2) is 36.2 Å². The van der Waals surface area contributed by atoms with E-state index >= 15 is 0 Å². The van der Waals surface area contributed by atoms with Gasteiger partial charge in [0, 0.05) is 27.3 Å². The van der Waals surface area contributed by atoms with E-state index in [9.17, 15) is 0 Å². The molecule has 0 spiro atoms. The Morgan fingerprint density at radius 1 is 1.47 bits per heavy atom. The Bertz CT molecular complexity index is 467. The van der Waals surface area contributed by atoms with Crippen LogP contribution in [0.5, 0.6) is 0 Å². The van der Waals surface area contributed by atoms with Crippen molar-refractivity contribution in [2.24, 2.45) is 0 Å². The van der Waals surface area contributed by atoms with Crippen LogP contribution in [0, 0.1) is 11.3 Å². The fraction of sp³-hybridized carbons (Fsp3) is 0.231. The van der Waals surface area contributed by atoms with Gasteiger partial charge in [0.05, 0.1) is 11.4 Å². The summed E-state index contributed by atoms with van der Waals surface area (Å²) in [6.45, 7) is 0. The maximum atomic E-state index is 8.75. The molecule has 0 atom stereocenters. The van der Waals surface area contributed by atoms with E-state index in [2.05, 4.69) is 10.3 Å². The molecule has 0 radical (unpaired) electrons. The Labute approximate surface area is 102 Å². The number of rotatable bonds is 4. The van der Waals surface area contributed by atoms with Crippen LogP contribution in [0.25, 0.3) is 6.08 Å². The van der Waals surface area contributed by atoms with Gasteiger partial charge < -0.3 is 10.2 Å². The van der Waals surface area contributed by atoms with Crippen LogP contribution < -0.4 is 5.32 Å². The maximum absolute atomic E-state index is 8.75. The highest BCUT2D eigenvalue weighted by atomic mass is 15.1. The van der Waals surface area contributed by atoms with Crippen molar-refractivity contribution in [1.29, 1.82) is 5.26 Å². The van der Waals surface area contributed by atoms with Gasteiger partial charge in [-0.1, -0.05) is 6.07 Å². The van der Waals surface area contributed by atoms with E-state index in [0.29, 0.717) is 5.69 Å². The third-order valence-electron chi connectivity index (χ3n) is 2.12. The lowest BCUT2D eigenvalue weighted by Crippen LogP contribution is -2.12. The first-order valence-electron chi connectivity index (χ1n) is 5.27. The van der Waals surface area contributed by atoms with Crippen molar-refractivity contribution < 1.29 is 0 Å². The van der Waals surface area contributed by atoms with Crippen LogP contribution in [0.2, 0.25) is 0 Å². The Hall–Kier alpha value is -2.28. The van der Waals surface area contributed by atoms with Crippen LogP contribution in [-0.2, 0) is 0 Å². The number of nitriles is 1. The molecule has 1 rings (SSSR count). The molecule has 1 aromatic heterocycles. The number of nitrogens with zero attached hydrogens (tertiary/aromatic N) is 3. The molecule has 17 heavy (non-hydrogen) atoms. The average molecular weight is 228 g/mol. The van der Waals surface area contributed by atoms with Crippen LogP contribution in [-0.4, -0.2) is 31.0 Å². The molecule has 88 valence electrons. The molecule has 1 aromatic rings. The fourth-order valence-electron chi connectivity index (χ4n) is 1.25. The van der Waals surface area contributed by atoms with Crippen LogP contribution in [0.3, 0.4) is 0 Å². The van der Waals surface area contributed by atoms with E-state index in [1.165, 1.54) is 0 Å². The SMILES string of the molecule is CN/C=C(\C=C\c1cccc(C#N)n1)N(C)C. The number of nitrogens with one attached hydrogen (secondary N) is 1. The molecular weight excluding hydrogens is 212 g/mol. The molecule has 4 nitrogen and oxygen atoms in total. The van der Waals surface area contributed by atoms with E-state index < -0.39 is 0 Å². The molecule has 0 saturated heterocycles. The third kappa shape index (κ3) is 3.99. The minimum absolute atomic E-state index is 0.427. The zero-order valence-corrected chi connectivity index (χ0v) is 10.3. The van der Waals surface area contributed by atoms with Gasteiger partial charge in [-0.05, 0) is 24.3 Å². The molecule has 0 aliphatic heterocycles. The molecule has 0 aromatic carbocycles. The Morgan fingerprint density at radius 2 is 2.24 bits per heavy atom. The monoisotopic (exact) mass is 228 g/mol. The Balaban J connectivity index is 2.89. The molecule has 1 N–H and O–H groups in total. The van der Waals surface area contributed by atoms with Crippen molar-refractivity contribution in [2.45, 2.75) is 0 Å². The van der Waals surface area contributed by atoms with Crippen molar-refractivity contribution in [3.05, 3.63) is 47.6 Å². The van der Waals surface area contributed by atoms with Crippen molar-refractivity contribution in [2.75, 3.05) is 21.1 Å². The van der Waals surface area contributed by atoms with Crippen molar-refractivity contribution in [3.63, 3.8) is 0 Å². The van der Waals surface area contributed by atoms with Gasteiger partial charge in [0.15, 0.2) is 0 Å². The van der Waals surface area contributed by atoms with Gasteiger partial charge in [0.2, 0.25) is 0 Å². The van der Waals surface area contributed by atoms with Crippen molar-refractivity contribution in [1.82, 2.24) is 15.2 Å². The summed E-state index contributed by atoms with van der Waals surface area (Å²) in [5, 5.41) is 11.7. The summed E-state index contributed by atoms with van der Waals surface area (Å²) in [7, 11) is 5.78. The Morgan fingerprint density at radius 3 is 2.82 bits per heavy atom. The van der Waals surface area contributed by atoms with Crippen molar-refractivity contribution in [3.8, 4) is 6.07 Å². The molecule has 0 saturated carbocycles. The first-order chi connectivity index (χ1) is 8.17. The molecule has 0 fully saturated rings. The van der Waals surface area contributed by atoms with E-state index in [1.54, 1.807) is 6.07 Å². The van der Waals surface area contributed by atoms with Gasteiger partial charge in [-0.2, -0.15) is 5.26 Å². The number of pyridine rings is 1. The first kappa shape index (κ1) is 12.8.